The van der Waals surface area contributed by atoms with E-state index in [0.29, 0.717) is 5.92 Å². The quantitative estimate of drug-likeness (QED) is 0.376. The lowest BCUT2D eigenvalue weighted by Gasteiger charge is -2.37. The van der Waals surface area contributed by atoms with Crippen LogP contribution in [0.25, 0.3) is 0 Å². The van der Waals surface area contributed by atoms with Gasteiger partial charge in [0.05, 0.1) is 0 Å². The first-order chi connectivity index (χ1) is 16.7. The Morgan fingerprint density at radius 1 is 0.972 bits per heavy atom. The fourth-order valence-corrected chi connectivity index (χ4v) is 4.11. The van der Waals surface area contributed by atoms with Gasteiger partial charge in [-0.1, -0.05) is 45.4 Å². The van der Waals surface area contributed by atoms with E-state index in [1.807, 2.05) is 45.9 Å². The maximum Gasteiger partial charge on any atom is 0.408 e. The van der Waals surface area contributed by atoms with Gasteiger partial charge in [-0.3, -0.25) is 9.59 Å². The molecule has 0 aliphatic carbocycles. The maximum atomic E-state index is 13.7. The van der Waals surface area contributed by atoms with Crippen LogP contribution in [-0.2, 0) is 14.3 Å². The third-order valence-corrected chi connectivity index (χ3v) is 6.19. The molecule has 1 aromatic carbocycles. The van der Waals surface area contributed by atoms with Crippen molar-refractivity contribution in [3.8, 4) is 0 Å². The van der Waals surface area contributed by atoms with Crippen molar-refractivity contribution in [1.82, 2.24) is 15.5 Å². The zero-order valence-electron chi connectivity index (χ0n) is 24.2. The highest BCUT2D eigenvalue weighted by atomic mass is 16.6. The van der Waals surface area contributed by atoms with E-state index in [-0.39, 0.29) is 30.4 Å². The van der Waals surface area contributed by atoms with Gasteiger partial charge in [0.1, 0.15) is 18.2 Å². The van der Waals surface area contributed by atoms with E-state index in [9.17, 15) is 14.4 Å². The second kappa shape index (κ2) is 14.2. The molecule has 3 atom stereocenters. The molecule has 0 bridgehead atoms. The minimum absolute atomic E-state index is 0.0145. The summed E-state index contributed by atoms with van der Waals surface area (Å²) in [5, 5.41) is 5.70. The molecule has 0 fully saturated rings. The summed E-state index contributed by atoms with van der Waals surface area (Å²) in [6, 6.07) is 4.87. The fraction of sp³-hybridized carbons (Fsp3) is 0.690. The predicted molar refractivity (Wildman–Crippen MR) is 146 cm³/mol. The average Bonchev–Trinajstić information content (AvgIpc) is 2.75. The molecule has 7 heteroatoms. The summed E-state index contributed by atoms with van der Waals surface area (Å²) in [5.74, 6) is -0.0670. The van der Waals surface area contributed by atoms with Gasteiger partial charge in [0.15, 0.2) is 0 Å². The summed E-state index contributed by atoms with van der Waals surface area (Å²) < 4.78 is 5.31. The standard InChI is InChI=1S/C29H49N3O4/c1-11-12-22(6)31-27(34)26(24-16-14-20(4)21(5)17-24)32(23(7)15-13-19(2)3)25(33)18-30-28(35)36-29(8,9)10/h14,16-17,19,22-23,26H,11-13,15,18H2,1-10H3,(H,30,35)(H,31,34). The van der Waals surface area contributed by atoms with Gasteiger partial charge in [-0.05, 0) is 90.3 Å². The van der Waals surface area contributed by atoms with Gasteiger partial charge in [0, 0.05) is 12.1 Å². The number of nitrogens with zero attached hydrogens (tertiary/aromatic N) is 1. The van der Waals surface area contributed by atoms with E-state index in [1.165, 1.54) is 0 Å². The Morgan fingerprint density at radius 2 is 1.61 bits per heavy atom. The molecule has 1 aromatic rings. The number of carbonyl (C=O) groups is 3. The normalized spacial score (nSPS) is 14.1. The Bertz CT molecular complexity index is 876. The first kappa shape index (κ1) is 31.5. The number of rotatable bonds is 12. The average molecular weight is 504 g/mol. The van der Waals surface area contributed by atoms with Crippen molar-refractivity contribution < 1.29 is 19.1 Å². The molecule has 2 N–H and O–H groups in total. The lowest BCUT2D eigenvalue weighted by molar-refractivity contribution is -0.143. The van der Waals surface area contributed by atoms with Crippen LogP contribution >= 0.6 is 0 Å². The van der Waals surface area contributed by atoms with Gasteiger partial charge >= 0.3 is 6.09 Å². The number of benzene rings is 1. The lowest BCUT2D eigenvalue weighted by Crippen LogP contribution is -2.52. The Labute approximate surface area is 218 Å². The predicted octanol–water partition coefficient (Wildman–Crippen LogP) is 5.83. The number of alkyl carbamates (subject to hydrolysis) is 1. The lowest BCUT2D eigenvalue weighted by atomic mass is 9.95. The largest absolute Gasteiger partial charge is 0.444 e. The van der Waals surface area contributed by atoms with Crippen molar-refractivity contribution in [3.05, 3.63) is 34.9 Å². The molecule has 0 aliphatic rings. The minimum atomic E-state index is -0.807. The number of nitrogens with one attached hydrogen (secondary N) is 2. The summed E-state index contributed by atoms with van der Waals surface area (Å²) in [7, 11) is 0. The van der Waals surface area contributed by atoms with Crippen molar-refractivity contribution >= 4 is 17.9 Å². The molecule has 3 amide bonds. The van der Waals surface area contributed by atoms with Gasteiger partial charge < -0.3 is 20.3 Å². The molecule has 1 rings (SSSR count). The zero-order chi connectivity index (χ0) is 27.6. The van der Waals surface area contributed by atoms with Crippen LogP contribution in [0.15, 0.2) is 18.2 Å². The van der Waals surface area contributed by atoms with Crippen molar-refractivity contribution in [1.29, 1.82) is 0 Å². The van der Waals surface area contributed by atoms with Crippen molar-refractivity contribution in [2.75, 3.05) is 6.54 Å². The second-order valence-corrected chi connectivity index (χ2v) is 11.4. The van der Waals surface area contributed by atoms with E-state index in [4.69, 9.17) is 4.74 Å². The molecule has 0 saturated heterocycles. The fourth-order valence-electron chi connectivity index (χ4n) is 4.11. The topological polar surface area (TPSA) is 87.7 Å². The summed E-state index contributed by atoms with van der Waals surface area (Å²) in [5.41, 5.74) is 2.27. The summed E-state index contributed by atoms with van der Waals surface area (Å²) in [4.78, 5) is 41.3. The number of carbonyl (C=O) groups excluding carboxylic acids is 3. The van der Waals surface area contributed by atoms with Gasteiger partial charge in [-0.15, -0.1) is 0 Å². The Kier molecular flexibility index (Phi) is 12.4. The number of amides is 3. The summed E-state index contributed by atoms with van der Waals surface area (Å²) >= 11 is 0. The molecule has 0 saturated carbocycles. The van der Waals surface area contributed by atoms with E-state index in [2.05, 4.69) is 31.4 Å². The number of hydrogen-bond acceptors (Lipinski definition) is 4. The molecule has 36 heavy (non-hydrogen) atoms. The van der Waals surface area contributed by atoms with Crippen molar-refractivity contribution in [2.45, 2.75) is 119 Å². The Morgan fingerprint density at radius 3 is 2.14 bits per heavy atom. The molecule has 3 unspecified atom stereocenters. The molecule has 7 nitrogen and oxygen atoms in total. The first-order valence-electron chi connectivity index (χ1n) is 13.3. The molecule has 204 valence electrons. The first-order valence-corrected chi connectivity index (χ1v) is 13.3. The highest BCUT2D eigenvalue weighted by Crippen LogP contribution is 2.28. The third-order valence-electron chi connectivity index (χ3n) is 6.19. The van der Waals surface area contributed by atoms with Crippen LogP contribution < -0.4 is 10.6 Å². The highest BCUT2D eigenvalue weighted by Gasteiger charge is 2.35. The Balaban J connectivity index is 3.40. The van der Waals surface area contributed by atoms with Crippen LogP contribution in [0.1, 0.15) is 104 Å². The molecule has 0 aromatic heterocycles. The van der Waals surface area contributed by atoms with Crippen LogP contribution in [0, 0.1) is 19.8 Å². The van der Waals surface area contributed by atoms with Crippen molar-refractivity contribution in [3.63, 3.8) is 0 Å². The van der Waals surface area contributed by atoms with Gasteiger partial charge in [-0.25, -0.2) is 4.79 Å². The Hall–Kier alpha value is -2.57. The van der Waals surface area contributed by atoms with Gasteiger partial charge in [0.2, 0.25) is 11.8 Å². The summed E-state index contributed by atoms with van der Waals surface area (Å²) in [6.07, 6.45) is 2.80. The maximum absolute atomic E-state index is 13.7. The van der Waals surface area contributed by atoms with E-state index in [1.54, 1.807) is 25.7 Å². The smallest absolute Gasteiger partial charge is 0.408 e. The van der Waals surface area contributed by atoms with Crippen LogP contribution in [-0.4, -0.2) is 47.0 Å². The van der Waals surface area contributed by atoms with Crippen LogP contribution in [0.2, 0.25) is 0 Å². The highest BCUT2D eigenvalue weighted by molar-refractivity contribution is 5.90. The number of ether oxygens (including phenoxy) is 1. The molecular formula is C29H49N3O4. The van der Waals surface area contributed by atoms with Crippen LogP contribution in [0.3, 0.4) is 0 Å². The summed E-state index contributed by atoms with van der Waals surface area (Å²) in [6.45, 7) is 19.4. The third kappa shape index (κ3) is 10.6. The zero-order valence-corrected chi connectivity index (χ0v) is 24.2. The molecule has 0 spiro atoms. The minimum Gasteiger partial charge on any atom is -0.444 e. The monoisotopic (exact) mass is 503 g/mol. The second-order valence-electron chi connectivity index (χ2n) is 11.4. The number of hydrogen-bond donors (Lipinski definition) is 2. The van der Waals surface area contributed by atoms with Crippen molar-refractivity contribution in [2.24, 2.45) is 5.92 Å². The SMILES string of the molecule is CCCC(C)NC(=O)C(c1ccc(C)c(C)c1)N(C(=O)CNC(=O)OC(C)(C)C)C(C)CCC(C)C. The van der Waals surface area contributed by atoms with Crippen LogP contribution in [0.5, 0.6) is 0 Å². The molecule has 0 radical (unpaired) electrons. The molecule has 0 aliphatic heterocycles. The van der Waals surface area contributed by atoms with Crippen LogP contribution in [0.4, 0.5) is 4.79 Å². The van der Waals surface area contributed by atoms with E-state index in [0.717, 1.165) is 42.4 Å². The molecule has 0 heterocycles. The molecular weight excluding hydrogens is 454 g/mol. The van der Waals surface area contributed by atoms with E-state index >= 15 is 0 Å². The van der Waals surface area contributed by atoms with E-state index < -0.39 is 17.7 Å². The van der Waals surface area contributed by atoms with Gasteiger partial charge in [-0.2, -0.15) is 0 Å². The van der Waals surface area contributed by atoms with Gasteiger partial charge in [0.25, 0.3) is 0 Å². The number of aryl methyl sites for hydroxylation is 2.